The Morgan fingerprint density at radius 3 is 2.76 bits per heavy atom. The predicted octanol–water partition coefficient (Wildman–Crippen LogP) is 1.74. The molecule has 0 spiro atoms. The summed E-state index contributed by atoms with van der Waals surface area (Å²) < 4.78 is 10.9. The molecule has 0 aliphatic carbocycles. The summed E-state index contributed by atoms with van der Waals surface area (Å²) in [7, 11) is -1.49. The average Bonchev–Trinajstić information content (AvgIpc) is 2.47. The second-order valence-electron chi connectivity index (χ2n) is 5.56. The van der Waals surface area contributed by atoms with Gasteiger partial charge in [0.15, 0.2) is 8.32 Å². The molecule has 1 saturated heterocycles. The van der Waals surface area contributed by atoms with E-state index in [4.69, 9.17) is 9.16 Å². The second kappa shape index (κ2) is 4.82. The molecule has 17 heavy (non-hydrogen) atoms. The molecule has 0 aromatic rings. The molecular weight excluding hydrogens is 234 g/mol. The van der Waals surface area contributed by atoms with Crippen LogP contribution in [0.25, 0.3) is 0 Å². The third-order valence-electron chi connectivity index (χ3n) is 3.10. The first kappa shape index (κ1) is 12.6. The summed E-state index contributed by atoms with van der Waals surface area (Å²) in [6.45, 7) is 8.24. The van der Waals surface area contributed by atoms with Gasteiger partial charge in [0.2, 0.25) is 0 Å². The lowest BCUT2D eigenvalue weighted by Crippen LogP contribution is -2.44. The van der Waals surface area contributed by atoms with E-state index in [0.29, 0.717) is 19.3 Å². The first-order chi connectivity index (χ1) is 7.97. The number of carbonyl (C=O) groups is 1. The van der Waals surface area contributed by atoms with Crippen LogP contribution in [0.15, 0.2) is 11.8 Å². The van der Waals surface area contributed by atoms with E-state index in [1.54, 1.807) is 0 Å². The Morgan fingerprint density at radius 2 is 2.24 bits per heavy atom. The number of ether oxygens (including phenoxy) is 1. The standard InChI is InChI=1S/C12H21NO3Si/c1-17(2,3)16-9-8-15-12(14)11-5-4-10-6-7-13(10)11/h5,10H,4,6-9H2,1-3H3. The van der Waals surface area contributed by atoms with Gasteiger partial charge in [0, 0.05) is 12.6 Å². The number of esters is 1. The molecule has 0 N–H and O–H groups in total. The smallest absolute Gasteiger partial charge is 0.354 e. The van der Waals surface area contributed by atoms with Gasteiger partial charge in [0.1, 0.15) is 12.3 Å². The highest BCUT2D eigenvalue weighted by molar-refractivity contribution is 6.69. The van der Waals surface area contributed by atoms with E-state index in [9.17, 15) is 4.79 Å². The lowest BCUT2D eigenvalue weighted by Gasteiger charge is -2.38. The number of hydrogen-bond acceptors (Lipinski definition) is 4. The summed E-state index contributed by atoms with van der Waals surface area (Å²) in [6, 6.07) is 0.566. The maximum atomic E-state index is 11.8. The number of hydrogen-bond donors (Lipinski definition) is 0. The fourth-order valence-electron chi connectivity index (χ4n) is 2.12. The Bertz CT molecular complexity index is 335. The zero-order valence-electron chi connectivity index (χ0n) is 10.9. The molecule has 96 valence electrons. The van der Waals surface area contributed by atoms with Crippen LogP contribution in [0.5, 0.6) is 0 Å². The maximum Gasteiger partial charge on any atom is 0.354 e. The van der Waals surface area contributed by atoms with Gasteiger partial charge >= 0.3 is 5.97 Å². The van der Waals surface area contributed by atoms with Crippen LogP contribution < -0.4 is 0 Å². The van der Waals surface area contributed by atoms with Crippen LogP contribution >= 0.6 is 0 Å². The van der Waals surface area contributed by atoms with Crippen molar-refractivity contribution in [2.75, 3.05) is 19.8 Å². The van der Waals surface area contributed by atoms with Crippen molar-refractivity contribution in [3.63, 3.8) is 0 Å². The van der Waals surface area contributed by atoms with Crippen LogP contribution in [0.2, 0.25) is 19.6 Å². The monoisotopic (exact) mass is 255 g/mol. The predicted molar refractivity (Wildman–Crippen MR) is 68.1 cm³/mol. The summed E-state index contributed by atoms with van der Waals surface area (Å²) in [5, 5.41) is 0. The van der Waals surface area contributed by atoms with Gasteiger partial charge in [-0.1, -0.05) is 6.08 Å². The number of nitrogens with zero attached hydrogens (tertiary/aromatic N) is 1. The normalized spacial score (nSPS) is 22.9. The molecule has 0 radical (unpaired) electrons. The number of fused-ring (bicyclic) bond motifs is 1. The van der Waals surface area contributed by atoms with Gasteiger partial charge in [-0.05, 0) is 32.5 Å². The lowest BCUT2D eigenvalue weighted by molar-refractivity contribution is -0.142. The molecule has 4 nitrogen and oxygen atoms in total. The van der Waals surface area contributed by atoms with Crippen LogP contribution in [-0.2, 0) is 14.0 Å². The van der Waals surface area contributed by atoms with Crippen LogP contribution in [0.3, 0.4) is 0 Å². The Hall–Kier alpha value is -0.813. The molecule has 2 rings (SSSR count). The molecule has 0 bridgehead atoms. The van der Waals surface area contributed by atoms with Gasteiger partial charge in [0.25, 0.3) is 0 Å². The molecule has 2 heterocycles. The van der Waals surface area contributed by atoms with Crippen molar-refractivity contribution in [2.45, 2.75) is 38.5 Å². The number of carbonyl (C=O) groups excluding carboxylic acids is 1. The Kier molecular flexibility index (Phi) is 3.58. The van der Waals surface area contributed by atoms with E-state index in [2.05, 4.69) is 24.5 Å². The fourth-order valence-corrected chi connectivity index (χ4v) is 2.82. The molecule has 0 aromatic carbocycles. The quantitative estimate of drug-likeness (QED) is 0.426. The van der Waals surface area contributed by atoms with E-state index in [-0.39, 0.29) is 5.97 Å². The van der Waals surface area contributed by atoms with Crippen molar-refractivity contribution in [1.82, 2.24) is 4.90 Å². The molecule has 1 unspecified atom stereocenters. The van der Waals surface area contributed by atoms with Crippen molar-refractivity contribution in [2.24, 2.45) is 0 Å². The molecule has 5 heteroatoms. The summed E-state index contributed by atoms with van der Waals surface area (Å²) >= 11 is 0. The van der Waals surface area contributed by atoms with Gasteiger partial charge in [-0.15, -0.1) is 0 Å². The van der Waals surface area contributed by atoms with Crippen LogP contribution in [0, 0.1) is 0 Å². The maximum absolute atomic E-state index is 11.8. The summed E-state index contributed by atoms with van der Waals surface area (Å²) in [5.41, 5.74) is 0.759. The van der Waals surface area contributed by atoms with Gasteiger partial charge in [-0.3, -0.25) is 0 Å². The zero-order chi connectivity index (χ0) is 12.5. The Labute approximate surface area is 104 Å². The Balaban J connectivity index is 1.68. The highest BCUT2D eigenvalue weighted by atomic mass is 28.4. The minimum atomic E-state index is -1.49. The molecule has 0 saturated carbocycles. The third-order valence-corrected chi connectivity index (χ3v) is 4.17. The first-order valence-corrected chi connectivity index (χ1v) is 9.66. The molecule has 2 aliphatic rings. The van der Waals surface area contributed by atoms with Gasteiger partial charge < -0.3 is 14.1 Å². The van der Waals surface area contributed by atoms with Crippen LogP contribution in [0.4, 0.5) is 0 Å². The molecule has 1 fully saturated rings. The number of rotatable bonds is 5. The molecule has 0 aromatic heterocycles. The first-order valence-electron chi connectivity index (χ1n) is 6.25. The van der Waals surface area contributed by atoms with Crippen molar-refractivity contribution < 1.29 is 14.0 Å². The highest BCUT2D eigenvalue weighted by Crippen LogP contribution is 2.32. The van der Waals surface area contributed by atoms with E-state index >= 15 is 0 Å². The van der Waals surface area contributed by atoms with Crippen molar-refractivity contribution in [1.29, 1.82) is 0 Å². The van der Waals surface area contributed by atoms with Gasteiger partial charge in [0.05, 0.1) is 6.61 Å². The highest BCUT2D eigenvalue weighted by Gasteiger charge is 2.37. The van der Waals surface area contributed by atoms with Gasteiger partial charge in [-0.2, -0.15) is 0 Å². The van der Waals surface area contributed by atoms with E-state index in [0.717, 1.165) is 18.7 Å². The average molecular weight is 255 g/mol. The minimum absolute atomic E-state index is 0.189. The lowest BCUT2D eigenvalue weighted by atomic mass is 10.0. The van der Waals surface area contributed by atoms with Gasteiger partial charge in [-0.25, -0.2) is 4.79 Å². The topological polar surface area (TPSA) is 38.8 Å². The van der Waals surface area contributed by atoms with Crippen LogP contribution in [0.1, 0.15) is 12.8 Å². The van der Waals surface area contributed by atoms with Crippen LogP contribution in [-0.4, -0.2) is 45.0 Å². The summed E-state index contributed by atoms with van der Waals surface area (Å²) in [6.07, 6.45) is 4.20. The molecular formula is C12H21NO3Si. The van der Waals surface area contributed by atoms with E-state index < -0.39 is 8.32 Å². The zero-order valence-corrected chi connectivity index (χ0v) is 11.9. The largest absolute Gasteiger partial charge is 0.459 e. The van der Waals surface area contributed by atoms with Crippen molar-refractivity contribution >= 4 is 14.3 Å². The SMILES string of the molecule is C[Si](C)(C)OCCOC(=O)C1=CCC2CCN12. The molecule has 0 amide bonds. The third kappa shape index (κ3) is 3.10. The van der Waals surface area contributed by atoms with E-state index in [1.165, 1.54) is 6.42 Å². The Morgan fingerprint density at radius 1 is 1.47 bits per heavy atom. The molecule has 2 aliphatic heterocycles. The summed E-state index contributed by atoms with van der Waals surface area (Å²) in [5.74, 6) is -0.189. The van der Waals surface area contributed by atoms with Crippen molar-refractivity contribution in [3.05, 3.63) is 11.8 Å². The summed E-state index contributed by atoms with van der Waals surface area (Å²) in [4.78, 5) is 13.9. The van der Waals surface area contributed by atoms with Crippen molar-refractivity contribution in [3.8, 4) is 0 Å². The van der Waals surface area contributed by atoms with E-state index in [1.807, 2.05) is 6.08 Å². The molecule has 1 atom stereocenters. The fraction of sp³-hybridized carbons (Fsp3) is 0.750. The second-order valence-corrected chi connectivity index (χ2v) is 10.1. The minimum Gasteiger partial charge on any atom is -0.459 e.